The molecule has 1 aliphatic rings. The second kappa shape index (κ2) is 27.6. The Bertz CT molecular complexity index is 1760. The summed E-state index contributed by atoms with van der Waals surface area (Å²) in [5.74, 6) is -6.39. The molecule has 0 saturated heterocycles. The van der Waals surface area contributed by atoms with E-state index in [0.717, 1.165) is 4.90 Å². The lowest BCUT2D eigenvalue weighted by molar-refractivity contribution is -0.155. The molecule has 18 nitrogen and oxygen atoms in total. The van der Waals surface area contributed by atoms with Gasteiger partial charge in [0.15, 0.2) is 6.10 Å². The number of allylic oxidation sites excluding steroid dienone is 3. The van der Waals surface area contributed by atoms with Crippen LogP contribution in [0.15, 0.2) is 47.6 Å². The summed E-state index contributed by atoms with van der Waals surface area (Å²) in [5.41, 5.74) is 1.15. The van der Waals surface area contributed by atoms with Crippen molar-refractivity contribution in [3.8, 4) is 0 Å². The van der Waals surface area contributed by atoms with Crippen LogP contribution in [-0.4, -0.2) is 139 Å². The Morgan fingerprint density at radius 3 is 2.17 bits per heavy atom. The van der Waals surface area contributed by atoms with Crippen molar-refractivity contribution in [2.24, 2.45) is 17.8 Å². The van der Waals surface area contributed by atoms with E-state index in [2.05, 4.69) is 27.8 Å². The second-order valence-corrected chi connectivity index (χ2v) is 16.9. The molecule has 9 atom stereocenters. The number of hydrogen-bond donors (Lipinski definition) is 5. The number of aliphatic hydroxyl groups excluding tert-OH is 1. The van der Waals surface area contributed by atoms with Crippen molar-refractivity contribution < 1.29 is 57.7 Å². The van der Waals surface area contributed by atoms with Gasteiger partial charge in [-0.05, 0) is 65.4 Å². The maximum absolute atomic E-state index is 14.1. The molecule has 0 fully saturated rings. The van der Waals surface area contributed by atoms with Crippen LogP contribution in [0.3, 0.4) is 0 Å². The molecule has 0 saturated carbocycles. The van der Waals surface area contributed by atoms with Crippen molar-refractivity contribution >= 4 is 47.6 Å². The zero-order valence-electron chi connectivity index (χ0n) is 40.1. The van der Waals surface area contributed by atoms with Gasteiger partial charge in [-0.25, -0.2) is 14.4 Å². The largest absolute Gasteiger partial charge is 0.456 e. The molecule has 0 aromatic rings. The zero-order valence-corrected chi connectivity index (χ0v) is 40.1. The van der Waals surface area contributed by atoms with Gasteiger partial charge in [0.1, 0.15) is 36.4 Å². The van der Waals surface area contributed by atoms with E-state index >= 15 is 0 Å². The normalized spacial score (nSPS) is 27.5. The predicted octanol–water partition coefficient (Wildman–Crippen LogP) is 3.24. The first-order chi connectivity index (χ1) is 29.9. The average molecular weight is 903 g/mol. The smallest absolute Gasteiger partial charge is 0.407 e. The molecule has 0 spiro atoms. The first-order valence-electron chi connectivity index (χ1n) is 21.9. The van der Waals surface area contributed by atoms with Crippen molar-refractivity contribution in [3.63, 3.8) is 0 Å². The van der Waals surface area contributed by atoms with E-state index in [-0.39, 0.29) is 43.9 Å². The first kappa shape index (κ1) is 56.5. The highest BCUT2D eigenvalue weighted by Crippen LogP contribution is 2.26. The number of esters is 2. The molecule has 0 aromatic carbocycles. The Hall–Kier alpha value is -5.52. The van der Waals surface area contributed by atoms with Crippen LogP contribution in [-0.2, 0) is 47.8 Å². The molecule has 1 unspecified atom stereocenters. The lowest BCUT2D eigenvalue weighted by Crippen LogP contribution is -2.57. The second-order valence-electron chi connectivity index (χ2n) is 16.9. The lowest BCUT2D eigenvalue weighted by Gasteiger charge is -2.33. The molecule has 360 valence electrons. The molecule has 0 aromatic heterocycles. The Balaban J connectivity index is 3.93. The molecule has 64 heavy (non-hydrogen) atoms. The van der Waals surface area contributed by atoms with Crippen LogP contribution in [0, 0.1) is 17.8 Å². The number of nitrogens with zero attached hydrogens (tertiary/aromatic N) is 2. The van der Waals surface area contributed by atoms with Crippen LogP contribution in [0.25, 0.3) is 0 Å². The van der Waals surface area contributed by atoms with Gasteiger partial charge in [0.25, 0.3) is 5.91 Å². The van der Waals surface area contributed by atoms with E-state index in [9.17, 15) is 43.5 Å². The highest BCUT2D eigenvalue weighted by Gasteiger charge is 2.37. The molecule has 1 rings (SSSR count). The molecule has 0 radical (unpaired) electrons. The number of nitrogens with one attached hydrogen (secondary N) is 4. The average Bonchev–Trinajstić information content (AvgIpc) is 3.24. The van der Waals surface area contributed by atoms with E-state index in [1.807, 2.05) is 20.8 Å². The van der Waals surface area contributed by atoms with Crippen molar-refractivity contribution in [3.05, 3.63) is 47.6 Å². The summed E-state index contributed by atoms with van der Waals surface area (Å²) in [4.78, 5) is 112. The number of amides is 6. The van der Waals surface area contributed by atoms with Gasteiger partial charge in [-0.3, -0.25) is 24.0 Å². The fourth-order valence-electron chi connectivity index (χ4n) is 6.74. The van der Waals surface area contributed by atoms with Gasteiger partial charge in [-0.2, -0.15) is 0 Å². The molecule has 1 aliphatic heterocycles. The van der Waals surface area contributed by atoms with Crippen LogP contribution < -0.4 is 21.3 Å². The minimum Gasteiger partial charge on any atom is -0.456 e. The Morgan fingerprint density at radius 1 is 0.984 bits per heavy atom. The molecular formula is C46H74N6O12. The lowest BCUT2D eigenvalue weighted by atomic mass is 9.90. The molecular weight excluding hydrogens is 829 g/mol. The number of hydrogen-bond acceptors (Lipinski definition) is 12. The highest BCUT2D eigenvalue weighted by atomic mass is 16.6. The molecule has 5 N–H and O–H groups in total. The first-order valence-corrected chi connectivity index (χ1v) is 21.9. The minimum atomic E-state index is -1.33. The van der Waals surface area contributed by atoms with Gasteiger partial charge >= 0.3 is 18.0 Å². The number of aliphatic hydroxyl groups is 1. The van der Waals surface area contributed by atoms with Crippen LogP contribution in [0.4, 0.5) is 4.79 Å². The molecule has 1 heterocycles. The predicted molar refractivity (Wildman–Crippen MR) is 241 cm³/mol. The maximum Gasteiger partial charge on any atom is 0.407 e. The number of rotatable bonds is 11. The van der Waals surface area contributed by atoms with Crippen LogP contribution in [0.2, 0.25) is 0 Å². The Kier molecular flexibility index (Phi) is 24.4. The van der Waals surface area contributed by atoms with E-state index < -0.39 is 108 Å². The number of alkyl carbamates (subject to hydrolysis) is 1. The third-order valence-electron chi connectivity index (χ3n) is 11.0. The molecule has 6 amide bonds. The summed E-state index contributed by atoms with van der Waals surface area (Å²) in [5, 5.41) is 19.7. The molecule has 18 heteroatoms. The van der Waals surface area contributed by atoms with Crippen LogP contribution in [0.1, 0.15) is 102 Å². The van der Waals surface area contributed by atoms with Crippen molar-refractivity contribution in [1.82, 2.24) is 31.1 Å². The summed E-state index contributed by atoms with van der Waals surface area (Å²) < 4.78 is 17.5. The fraction of sp³-hybridized carbons (Fsp3) is 0.652. The third-order valence-corrected chi connectivity index (χ3v) is 11.0. The Morgan fingerprint density at radius 2 is 1.61 bits per heavy atom. The van der Waals surface area contributed by atoms with E-state index in [4.69, 9.17) is 14.2 Å². The SMILES string of the molecule is C=C(/C=C\C)C[C@@H]1C(=O)N(C)CC(=O)N[C@@H](C(C)CC)C(=O)N[C@H](C)C(=O)O[C@H](/C(C)=C/C)[C@@H](C)[C@@H](OC(=O)NCCO)C/C=C(\C)C(=O)O[C@H](CC(C)C)C(=O)N[C@@H](C)C(=O)N1C. The highest BCUT2D eigenvalue weighted by molar-refractivity contribution is 5.96. The van der Waals surface area contributed by atoms with Gasteiger partial charge in [0.05, 0.1) is 13.2 Å². The standard InChI is InChI=1S/C46H74N6O12/c1-15-18-27(6)24-34-43(58)51(13)25-37(54)50-38(28(7)16-2)41(56)49-33(12)45(60)64-39(29(8)17-3)31(10)35(63-46(61)47-21-22-53)20-19-30(9)44(59)62-36(23-26(4)5)40(55)48-32(11)42(57)52(34)14/h15,17-19,26,28,31-36,38-39,53H,6,16,20-25H2,1-5,7-14H3,(H,47,61)(H,48,55)(H,49,56)(H,50,54)/b18-15-,29-17+,30-19+/t28?,31-,32-,33+,34+,35-,36+,38-,39+/m0/s1. The molecule has 0 bridgehead atoms. The minimum absolute atomic E-state index is 0.0183. The summed E-state index contributed by atoms with van der Waals surface area (Å²) in [6.07, 6.45) is 2.77. The van der Waals surface area contributed by atoms with Gasteiger partial charge < -0.3 is 50.4 Å². The zero-order chi connectivity index (χ0) is 49.0. The van der Waals surface area contributed by atoms with Gasteiger partial charge in [0, 0.05) is 45.0 Å². The van der Waals surface area contributed by atoms with Crippen molar-refractivity contribution in [2.45, 2.75) is 144 Å². The fourth-order valence-corrected chi connectivity index (χ4v) is 6.74. The van der Waals surface area contributed by atoms with Gasteiger partial charge in [0.2, 0.25) is 23.6 Å². The van der Waals surface area contributed by atoms with Crippen molar-refractivity contribution in [2.75, 3.05) is 33.8 Å². The van der Waals surface area contributed by atoms with Crippen LogP contribution in [0.5, 0.6) is 0 Å². The van der Waals surface area contributed by atoms with E-state index in [1.54, 1.807) is 52.8 Å². The number of ether oxygens (including phenoxy) is 3. The van der Waals surface area contributed by atoms with Gasteiger partial charge in [-0.15, -0.1) is 0 Å². The number of carbonyl (C=O) groups is 8. The van der Waals surface area contributed by atoms with E-state index in [0.29, 0.717) is 17.6 Å². The quantitative estimate of drug-likeness (QED) is 0.0870. The monoisotopic (exact) mass is 903 g/mol. The molecule has 0 aliphatic carbocycles. The summed E-state index contributed by atoms with van der Waals surface area (Å²) >= 11 is 0. The number of cyclic esters (lactones) is 2. The third kappa shape index (κ3) is 17.9. The van der Waals surface area contributed by atoms with Gasteiger partial charge in [-0.1, -0.05) is 77.5 Å². The maximum atomic E-state index is 14.1. The van der Waals surface area contributed by atoms with Crippen LogP contribution >= 0.6 is 0 Å². The van der Waals surface area contributed by atoms with Crippen molar-refractivity contribution in [1.29, 1.82) is 0 Å². The summed E-state index contributed by atoms with van der Waals surface area (Å²) in [6.45, 7) is 21.4. The van der Waals surface area contributed by atoms with E-state index in [1.165, 1.54) is 45.8 Å². The topological polar surface area (TPSA) is 239 Å². The number of likely N-dealkylation sites (N-methyl/N-ethyl adjacent to an activating group) is 2. The number of carbonyl (C=O) groups excluding carboxylic acids is 8. The summed E-state index contributed by atoms with van der Waals surface area (Å²) in [7, 11) is 2.77. The Labute approximate surface area is 379 Å². The summed E-state index contributed by atoms with van der Waals surface area (Å²) in [6, 6.07) is -4.72.